The van der Waals surface area contributed by atoms with Gasteiger partial charge in [-0.25, -0.2) is 4.79 Å². The van der Waals surface area contributed by atoms with Crippen molar-refractivity contribution >= 4 is 29.2 Å². The molecule has 0 aliphatic carbocycles. The number of anilines is 1. The Bertz CT molecular complexity index is 835. The van der Waals surface area contributed by atoms with Crippen molar-refractivity contribution in [1.82, 2.24) is 20.4 Å². The van der Waals surface area contributed by atoms with Crippen LogP contribution in [0.4, 0.5) is 10.5 Å². The maximum absolute atomic E-state index is 12.9. The van der Waals surface area contributed by atoms with Gasteiger partial charge >= 0.3 is 6.03 Å². The molecule has 3 rings (SSSR count). The first kappa shape index (κ1) is 19.2. The van der Waals surface area contributed by atoms with E-state index in [0.29, 0.717) is 35.9 Å². The number of carbonyl (C=O) groups excluding carboxylic acids is 2. The average Bonchev–Trinajstić information content (AvgIpc) is 3.11. The normalized spacial score (nSPS) is 16.9. The van der Waals surface area contributed by atoms with Crippen LogP contribution in [0.3, 0.4) is 0 Å². The minimum atomic E-state index is -0.266. The van der Waals surface area contributed by atoms with Gasteiger partial charge in [0.2, 0.25) is 0 Å². The second-order valence-corrected chi connectivity index (χ2v) is 7.14. The van der Waals surface area contributed by atoms with Crippen LogP contribution in [-0.2, 0) is 0 Å². The van der Waals surface area contributed by atoms with E-state index in [1.165, 1.54) is 0 Å². The highest BCUT2D eigenvalue weighted by molar-refractivity contribution is 6.31. The number of rotatable bonds is 4. The summed E-state index contributed by atoms with van der Waals surface area (Å²) in [5.74, 6) is 0.0578. The number of hydrogen-bond acceptors (Lipinski definition) is 3. The van der Waals surface area contributed by atoms with Crippen molar-refractivity contribution in [1.29, 1.82) is 0 Å². The Balaban J connectivity index is 1.73. The Morgan fingerprint density at radius 3 is 2.96 bits per heavy atom. The number of amides is 3. The van der Waals surface area contributed by atoms with Crippen LogP contribution in [0, 0.1) is 6.92 Å². The minimum Gasteiger partial charge on any atom is -0.338 e. The average molecular weight is 390 g/mol. The van der Waals surface area contributed by atoms with Crippen molar-refractivity contribution in [2.45, 2.75) is 32.6 Å². The molecule has 2 heterocycles. The van der Waals surface area contributed by atoms with E-state index in [-0.39, 0.29) is 17.9 Å². The van der Waals surface area contributed by atoms with Crippen LogP contribution in [0.5, 0.6) is 0 Å². The van der Waals surface area contributed by atoms with Gasteiger partial charge in [0.1, 0.15) is 0 Å². The maximum Gasteiger partial charge on any atom is 0.319 e. The Hall–Kier alpha value is -2.54. The van der Waals surface area contributed by atoms with Gasteiger partial charge < -0.3 is 15.5 Å². The number of hydrogen-bond donors (Lipinski definition) is 3. The summed E-state index contributed by atoms with van der Waals surface area (Å²) in [7, 11) is 0. The predicted molar refractivity (Wildman–Crippen MR) is 105 cm³/mol. The van der Waals surface area contributed by atoms with Crippen molar-refractivity contribution in [3.63, 3.8) is 0 Å². The Labute approximate surface area is 163 Å². The van der Waals surface area contributed by atoms with Crippen LogP contribution in [0.1, 0.15) is 47.3 Å². The number of aryl methyl sites for hydroxylation is 1. The van der Waals surface area contributed by atoms with Gasteiger partial charge in [-0.05, 0) is 44.4 Å². The van der Waals surface area contributed by atoms with Crippen LogP contribution in [-0.4, -0.2) is 46.7 Å². The smallest absolute Gasteiger partial charge is 0.319 e. The van der Waals surface area contributed by atoms with Crippen LogP contribution < -0.4 is 10.6 Å². The molecule has 1 aliphatic rings. The fraction of sp³-hybridized carbons (Fsp3) is 0.421. The first-order valence-electron chi connectivity index (χ1n) is 9.13. The van der Waals surface area contributed by atoms with E-state index in [4.69, 9.17) is 11.6 Å². The quantitative estimate of drug-likeness (QED) is 0.747. The number of likely N-dealkylation sites (tertiary alicyclic amines) is 1. The van der Waals surface area contributed by atoms with E-state index in [2.05, 4.69) is 20.8 Å². The third-order valence-corrected chi connectivity index (χ3v) is 5.20. The van der Waals surface area contributed by atoms with E-state index >= 15 is 0 Å². The molecular weight excluding hydrogens is 366 g/mol. The van der Waals surface area contributed by atoms with Gasteiger partial charge in [0.05, 0.1) is 17.6 Å². The summed E-state index contributed by atoms with van der Waals surface area (Å²) in [6.07, 6.45) is 3.41. The van der Waals surface area contributed by atoms with Gasteiger partial charge in [-0.15, -0.1) is 0 Å². The Kier molecular flexibility index (Phi) is 6.01. The van der Waals surface area contributed by atoms with Crippen molar-refractivity contribution in [2.75, 3.05) is 25.0 Å². The number of benzene rings is 1. The molecule has 1 aromatic carbocycles. The van der Waals surface area contributed by atoms with Gasteiger partial charge in [0.25, 0.3) is 5.91 Å². The molecule has 8 heteroatoms. The number of aromatic amines is 1. The highest BCUT2D eigenvalue weighted by Crippen LogP contribution is 2.31. The molecular formula is C19H24ClN5O2. The van der Waals surface area contributed by atoms with Crippen molar-refractivity contribution in [2.24, 2.45) is 0 Å². The molecule has 27 heavy (non-hydrogen) atoms. The lowest BCUT2D eigenvalue weighted by molar-refractivity contribution is 0.0706. The lowest BCUT2D eigenvalue weighted by atomic mass is 9.93. The van der Waals surface area contributed by atoms with Crippen LogP contribution in [0.25, 0.3) is 0 Å². The zero-order valence-corrected chi connectivity index (χ0v) is 16.3. The molecule has 1 atom stereocenters. The lowest BCUT2D eigenvalue weighted by Crippen LogP contribution is -2.39. The third kappa shape index (κ3) is 4.42. The number of nitrogens with one attached hydrogen (secondary N) is 3. The first-order chi connectivity index (χ1) is 13.0. The molecule has 144 valence electrons. The molecule has 0 spiro atoms. The second-order valence-electron chi connectivity index (χ2n) is 6.74. The van der Waals surface area contributed by atoms with E-state index < -0.39 is 0 Å². The molecule has 0 radical (unpaired) electrons. The van der Waals surface area contributed by atoms with E-state index in [0.717, 1.165) is 24.1 Å². The van der Waals surface area contributed by atoms with Gasteiger partial charge in [-0.3, -0.25) is 9.89 Å². The molecule has 7 nitrogen and oxygen atoms in total. The number of H-pyrrole nitrogens is 1. The van der Waals surface area contributed by atoms with Gasteiger partial charge in [-0.1, -0.05) is 17.7 Å². The van der Waals surface area contributed by atoms with Gasteiger partial charge in [0, 0.05) is 36.1 Å². The molecule has 3 N–H and O–H groups in total. The molecule has 3 amide bonds. The molecule has 0 bridgehead atoms. The zero-order chi connectivity index (χ0) is 19.4. The summed E-state index contributed by atoms with van der Waals surface area (Å²) < 4.78 is 0. The highest BCUT2D eigenvalue weighted by Gasteiger charge is 2.28. The number of halogens is 1. The number of aromatic nitrogens is 2. The second kappa shape index (κ2) is 8.43. The summed E-state index contributed by atoms with van der Waals surface area (Å²) in [5, 5.41) is 13.2. The Morgan fingerprint density at radius 1 is 1.41 bits per heavy atom. The molecule has 2 aromatic rings. The summed E-state index contributed by atoms with van der Waals surface area (Å²) in [4.78, 5) is 26.5. The first-order valence-corrected chi connectivity index (χ1v) is 9.51. The fourth-order valence-corrected chi connectivity index (χ4v) is 3.52. The molecule has 1 fully saturated rings. The molecule has 0 unspecified atom stereocenters. The minimum absolute atomic E-state index is 0.0284. The van der Waals surface area contributed by atoms with E-state index in [1.54, 1.807) is 12.3 Å². The zero-order valence-electron chi connectivity index (χ0n) is 15.5. The topological polar surface area (TPSA) is 90.1 Å². The Morgan fingerprint density at radius 2 is 2.22 bits per heavy atom. The van der Waals surface area contributed by atoms with Gasteiger partial charge in [-0.2, -0.15) is 5.10 Å². The van der Waals surface area contributed by atoms with Crippen LogP contribution in [0.2, 0.25) is 5.02 Å². The van der Waals surface area contributed by atoms with E-state index in [9.17, 15) is 9.59 Å². The van der Waals surface area contributed by atoms with E-state index in [1.807, 2.05) is 30.9 Å². The third-order valence-electron chi connectivity index (χ3n) is 4.79. The number of urea groups is 1. The molecule has 1 aliphatic heterocycles. The SMILES string of the molecule is CCNC(=O)Nc1cn[nH]c1[C@@H]1CCCN(C(=O)c2ccc(C)c(Cl)c2)C1. The number of carbonyl (C=O) groups is 2. The molecule has 1 saturated heterocycles. The molecule has 0 saturated carbocycles. The summed E-state index contributed by atoms with van der Waals surface area (Å²) in [6.45, 7) is 5.58. The lowest BCUT2D eigenvalue weighted by Gasteiger charge is -2.32. The summed E-state index contributed by atoms with van der Waals surface area (Å²) in [5.41, 5.74) is 3.04. The highest BCUT2D eigenvalue weighted by atomic mass is 35.5. The fourth-order valence-electron chi connectivity index (χ4n) is 3.34. The summed E-state index contributed by atoms with van der Waals surface area (Å²) in [6, 6.07) is 5.13. The van der Waals surface area contributed by atoms with Crippen molar-refractivity contribution in [3.8, 4) is 0 Å². The van der Waals surface area contributed by atoms with Crippen molar-refractivity contribution < 1.29 is 9.59 Å². The number of piperidine rings is 1. The van der Waals surface area contributed by atoms with Crippen molar-refractivity contribution in [3.05, 3.63) is 46.2 Å². The monoisotopic (exact) mass is 389 g/mol. The largest absolute Gasteiger partial charge is 0.338 e. The van der Waals surface area contributed by atoms with Crippen LogP contribution >= 0.6 is 11.6 Å². The predicted octanol–water partition coefficient (Wildman–Crippen LogP) is 3.53. The number of nitrogens with zero attached hydrogens (tertiary/aromatic N) is 2. The maximum atomic E-state index is 12.9. The van der Waals surface area contributed by atoms with Gasteiger partial charge in [0.15, 0.2) is 0 Å². The molecule has 1 aromatic heterocycles. The standard InChI is InChI=1S/C19H24ClN5O2/c1-3-21-19(27)23-16-10-22-24-17(16)14-5-4-8-25(11-14)18(26)13-7-6-12(2)15(20)9-13/h6-7,9-10,14H,3-5,8,11H2,1-2H3,(H,22,24)(H2,21,23,27)/t14-/m1/s1. The summed E-state index contributed by atoms with van der Waals surface area (Å²) >= 11 is 6.17. The van der Waals surface area contributed by atoms with Crippen LogP contribution in [0.15, 0.2) is 24.4 Å².